The number of aromatic nitrogens is 3. The second kappa shape index (κ2) is 9.17. The first-order valence-electron chi connectivity index (χ1n) is 9.35. The van der Waals surface area contributed by atoms with Gasteiger partial charge in [0.2, 0.25) is 17.5 Å². The molecule has 2 aromatic heterocycles. The zero-order valence-electron chi connectivity index (χ0n) is 17.1. The van der Waals surface area contributed by atoms with Crippen LogP contribution in [0.2, 0.25) is 0 Å². The van der Waals surface area contributed by atoms with E-state index in [0.29, 0.717) is 5.82 Å². The molecular formula is C21H22N4O5. The minimum absolute atomic E-state index is 0.0427. The number of amides is 1. The van der Waals surface area contributed by atoms with Crippen LogP contribution >= 0.6 is 0 Å². The van der Waals surface area contributed by atoms with Gasteiger partial charge in [0.1, 0.15) is 6.04 Å². The molecule has 0 aliphatic rings. The molecule has 9 heteroatoms. The monoisotopic (exact) mass is 410 g/mol. The van der Waals surface area contributed by atoms with Crippen molar-refractivity contribution < 1.29 is 23.6 Å². The molecule has 0 saturated carbocycles. The van der Waals surface area contributed by atoms with Crippen LogP contribution in [0.3, 0.4) is 0 Å². The van der Waals surface area contributed by atoms with Crippen molar-refractivity contribution in [2.75, 3.05) is 7.11 Å². The lowest BCUT2D eigenvalue weighted by atomic mass is 10.2. The summed E-state index contributed by atoms with van der Waals surface area (Å²) in [6.07, 6.45) is 1.39. The van der Waals surface area contributed by atoms with E-state index in [1.165, 1.54) is 19.4 Å². The Kier molecular flexibility index (Phi) is 6.41. The zero-order chi connectivity index (χ0) is 21.7. The van der Waals surface area contributed by atoms with Crippen molar-refractivity contribution in [1.82, 2.24) is 20.4 Å². The molecule has 3 rings (SSSR count). The van der Waals surface area contributed by atoms with Crippen LogP contribution < -0.4 is 14.8 Å². The lowest BCUT2D eigenvalue weighted by Gasteiger charge is -2.15. The molecule has 30 heavy (non-hydrogen) atoms. The van der Waals surface area contributed by atoms with E-state index in [2.05, 4.69) is 20.4 Å². The Morgan fingerprint density at radius 1 is 1.10 bits per heavy atom. The maximum absolute atomic E-state index is 12.8. The molecule has 0 bridgehead atoms. The SMILES string of the molecule is COc1ccnc(C(=O)N[C@@H](C)c2nc(-c3ccccc3)no2)c1OC(=O)C(C)C. The number of hydrogen-bond acceptors (Lipinski definition) is 8. The van der Waals surface area contributed by atoms with Crippen molar-refractivity contribution in [2.45, 2.75) is 26.8 Å². The van der Waals surface area contributed by atoms with Gasteiger partial charge in [-0.15, -0.1) is 0 Å². The first kappa shape index (κ1) is 21.0. The van der Waals surface area contributed by atoms with Crippen LogP contribution in [0, 0.1) is 5.92 Å². The Labute approximate surface area is 173 Å². The third-order valence-corrected chi connectivity index (χ3v) is 4.17. The summed E-state index contributed by atoms with van der Waals surface area (Å²) in [6, 6.07) is 10.2. The number of pyridine rings is 1. The number of carbonyl (C=O) groups is 2. The average Bonchev–Trinajstić information content (AvgIpc) is 3.24. The highest BCUT2D eigenvalue weighted by atomic mass is 16.6. The molecular weight excluding hydrogens is 388 g/mol. The summed E-state index contributed by atoms with van der Waals surface area (Å²) in [4.78, 5) is 33.3. The number of rotatable bonds is 7. The van der Waals surface area contributed by atoms with E-state index in [0.717, 1.165) is 5.56 Å². The molecule has 0 radical (unpaired) electrons. The first-order valence-corrected chi connectivity index (χ1v) is 9.35. The summed E-state index contributed by atoms with van der Waals surface area (Å²) in [7, 11) is 1.41. The first-order chi connectivity index (χ1) is 14.4. The van der Waals surface area contributed by atoms with Gasteiger partial charge in [-0.3, -0.25) is 9.59 Å². The number of nitrogens with zero attached hydrogens (tertiary/aromatic N) is 3. The highest BCUT2D eigenvalue weighted by Crippen LogP contribution is 2.30. The fourth-order valence-electron chi connectivity index (χ4n) is 2.51. The maximum Gasteiger partial charge on any atom is 0.313 e. The van der Waals surface area contributed by atoms with E-state index in [4.69, 9.17) is 14.0 Å². The van der Waals surface area contributed by atoms with Gasteiger partial charge in [0.05, 0.1) is 13.0 Å². The van der Waals surface area contributed by atoms with Crippen LogP contribution in [0.15, 0.2) is 47.1 Å². The topological polar surface area (TPSA) is 116 Å². The fourth-order valence-corrected chi connectivity index (χ4v) is 2.51. The minimum Gasteiger partial charge on any atom is -0.493 e. The standard InChI is InChI=1S/C21H22N4O5/c1-12(2)21(27)29-17-15(28-4)10-11-22-16(17)19(26)23-13(3)20-24-18(25-30-20)14-8-6-5-7-9-14/h5-13H,1-4H3,(H,23,26)/t13-/m0/s1. The number of hydrogen-bond donors (Lipinski definition) is 1. The van der Waals surface area contributed by atoms with E-state index in [1.54, 1.807) is 20.8 Å². The fraction of sp³-hybridized carbons (Fsp3) is 0.286. The molecule has 0 aliphatic carbocycles. The lowest BCUT2D eigenvalue weighted by Crippen LogP contribution is -2.29. The summed E-state index contributed by atoms with van der Waals surface area (Å²) >= 11 is 0. The quantitative estimate of drug-likeness (QED) is 0.590. The Morgan fingerprint density at radius 2 is 1.83 bits per heavy atom. The summed E-state index contributed by atoms with van der Waals surface area (Å²) < 4.78 is 15.9. The van der Waals surface area contributed by atoms with Gasteiger partial charge in [0, 0.05) is 17.8 Å². The van der Waals surface area contributed by atoms with Crippen LogP contribution in [0.4, 0.5) is 0 Å². The van der Waals surface area contributed by atoms with Crippen LogP contribution in [0.25, 0.3) is 11.4 Å². The number of ether oxygens (including phenoxy) is 2. The Morgan fingerprint density at radius 3 is 2.50 bits per heavy atom. The molecule has 0 unspecified atom stereocenters. The highest BCUT2D eigenvalue weighted by molar-refractivity contribution is 5.96. The third-order valence-electron chi connectivity index (χ3n) is 4.17. The van der Waals surface area contributed by atoms with Crippen LogP contribution in [0.1, 0.15) is 43.2 Å². The van der Waals surface area contributed by atoms with Gasteiger partial charge in [-0.05, 0) is 6.92 Å². The summed E-state index contributed by atoms with van der Waals surface area (Å²) in [5.74, 6) is -0.650. The molecule has 0 fully saturated rings. The lowest BCUT2D eigenvalue weighted by molar-refractivity contribution is -0.137. The van der Waals surface area contributed by atoms with E-state index in [1.807, 2.05) is 30.3 Å². The molecule has 156 valence electrons. The Bertz CT molecular complexity index is 1030. The summed E-state index contributed by atoms with van der Waals surface area (Å²) in [5, 5.41) is 6.68. The third kappa shape index (κ3) is 4.62. The number of methoxy groups -OCH3 is 1. The van der Waals surface area contributed by atoms with E-state index in [-0.39, 0.29) is 29.0 Å². The molecule has 3 aromatic rings. The van der Waals surface area contributed by atoms with Gasteiger partial charge in [0.15, 0.2) is 11.4 Å². The molecule has 0 aliphatic heterocycles. The molecule has 1 N–H and O–H groups in total. The van der Waals surface area contributed by atoms with Crippen molar-refractivity contribution in [3.05, 3.63) is 54.2 Å². The van der Waals surface area contributed by atoms with Gasteiger partial charge in [-0.2, -0.15) is 4.98 Å². The molecule has 0 saturated heterocycles. The Hall–Kier alpha value is -3.75. The normalized spacial score (nSPS) is 11.8. The van der Waals surface area contributed by atoms with Crippen LogP contribution in [0.5, 0.6) is 11.5 Å². The zero-order valence-corrected chi connectivity index (χ0v) is 17.1. The summed E-state index contributed by atoms with van der Waals surface area (Å²) in [5.41, 5.74) is 0.710. The largest absolute Gasteiger partial charge is 0.493 e. The number of esters is 1. The van der Waals surface area contributed by atoms with Crippen molar-refractivity contribution in [3.8, 4) is 22.9 Å². The molecule has 1 amide bonds. The van der Waals surface area contributed by atoms with Crippen molar-refractivity contribution in [1.29, 1.82) is 0 Å². The summed E-state index contributed by atoms with van der Waals surface area (Å²) in [6.45, 7) is 5.07. The number of carbonyl (C=O) groups excluding carboxylic acids is 2. The van der Waals surface area contributed by atoms with Gasteiger partial charge in [-0.1, -0.05) is 49.3 Å². The Balaban J connectivity index is 1.80. The predicted octanol–water partition coefficient (Wildman–Crippen LogP) is 3.19. The number of nitrogens with one attached hydrogen (secondary N) is 1. The van der Waals surface area contributed by atoms with Crippen molar-refractivity contribution >= 4 is 11.9 Å². The smallest absolute Gasteiger partial charge is 0.313 e. The molecule has 0 spiro atoms. The predicted molar refractivity (Wildman–Crippen MR) is 107 cm³/mol. The van der Waals surface area contributed by atoms with E-state index in [9.17, 15) is 9.59 Å². The van der Waals surface area contributed by atoms with Crippen molar-refractivity contribution in [2.24, 2.45) is 5.92 Å². The second-order valence-electron chi connectivity index (χ2n) is 6.78. The molecule has 2 heterocycles. The molecule has 9 nitrogen and oxygen atoms in total. The highest BCUT2D eigenvalue weighted by Gasteiger charge is 2.25. The molecule has 1 aromatic carbocycles. The van der Waals surface area contributed by atoms with Crippen LogP contribution in [-0.2, 0) is 4.79 Å². The maximum atomic E-state index is 12.8. The van der Waals surface area contributed by atoms with Crippen LogP contribution in [-0.4, -0.2) is 34.1 Å². The van der Waals surface area contributed by atoms with Gasteiger partial charge < -0.3 is 19.3 Å². The van der Waals surface area contributed by atoms with Gasteiger partial charge in [0.25, 0.3) is 5.91 Å². The molecule has 1 atom stereocenters. The van der Waals surface area contributed by atoms with Gasteiger partial charge in [-0.25, -0.2) is 4.98 Å². The number of benzene rings is 1. The van der Waals surface area contributed by atoms with Gasteiger partial charge >= 0.3 is 5.97 Å². The second-order valence-corrected chi connectivity index (χ2v) is 6.78. The van der Waals surface area contributed by atoms with E-state index >= 15 is 0 Å². The minimum atomic E-state index is -0.607. The van der Waals surface area contributed by atoms with E-state index < -0.39 is 17.9 Å². The average molecular weight is 410 g/mol. The van der Waals surface area contributed by atoms with Crippen molar-refractivity contribution in [3.63, 3.8) is 0 Å².